The number of ether oxygens (including phenoxy) is 12. The van der Waals surface area contributed by atoms with Gasteiger partial charge in [0.15, 0.2) is 35.7 Å². The van der Waals surface area contributed by atoms with E-state index in [2.05, 4.69) is 32.4 Å². The summed E-state index contributed by atoms with van der Waals surface area (Å²) in [5.74, 6) is -9.24. The fraction of sp³-hybridized carbons (Fsp3) is 0.826. The van der Waals surface area contributed by atoms with Crippen molar-refractivity contribution in [3.05, 3.63) is 29.8 Å². The lowest BCUT2D eigenvalue weighted by atomic mass is 9.50. The minimum absolute atomic E-state index is 0.0299. The van der Waals surface area contributed by atoms with Crippen LogP contribution in [0, 0.1) is 77.4 Å². The fourth-order valence-corrected chi connectivity index (χ4v) is 20.0. The van der Waals surface area contributed by atoms with E-state index in [1.165, 1.54) is 12.1 Å². The molecule has 6 bridgehead atoms. The highest BCUT2D eigenvalue weighted by Gasteiger charge is 2.76. The Kier molecular flexibility index (Phi) is 19.3. The van der Waals surface area contributed by atoms with Crippen molar-refractivity contribution < 1.29 is 123 Å². The molecule has 97 heavy (non-hydrogen) atoms. The molecule has 3 aliphatic carbocycles. The molecule has 1 aromatic carbocycles. The first-order chi connectivity index (χ1) is 45.9. The fourth-order valence-electron chi connectivity index (χ4n) is 18.6. The molecule has 3 saturated carbocycles. The largest absolute Gasteiger partial charge is 0.463 e. The summed E-state index contributed by atoms with van der Waals surface area (Å²) in [7, 11) is -4.68. The van der Waals surface area contributed by atoms with Crippen LogP contribution in [0.5, 0.6) is 0 Å². The monoisotopic (exact) mass is 1390 g/mol. The van der Waals surface area contributed by atoms with E-state index < -0.39 is 193 Å². The lowest BCUT2D eigenvalue weighted by molar-refractivity contribution is -0.586. The summed E-state index contributed by atoms with van der Waals surface area (Å²) < 4.78 is 105. The van der Waals surface area contributed by atoms with Crippen molar-refractivity contribution in [2.24, 2.45) is 70.5 Å². The Bertz CT molecular complexity index is 3170. The molecule has 0 radical (unpaired) electrons. The van der Waals surface area contributed by atoms with Gasteiger partial charge in [-0.1, -0.05) is 66.2 Å². The Morgan fingerprint density at radius 2 is 0.856 bits per heavy atom. The smallest absolute Gasteiger partial charge is 0.308 e. The summed E-state index contributed by atoms with van der Waals surface area (Å²) >= 11 is 0. The number of benzene rings is 1. The highest BCUT2D eigenvalue weighted by molar-refractivity contribution is 7.89. The molecule has 1 aromatic rings. The highest BCUT2D eigenvalue weighted by Crippen LogP contribution is 2.67. The number of carbonyl (C=O) groups is 6. The Labute approximate surface area is 565 Å². The normalized spacial score (nSPS) is 43.8. The van der Waals surface area contributed by atoms with Crippen molar-refractivity contribution >= 4 is 45.8 Å². The number of hydrogen-bond donors (Lipinski definition) is 1. The van der Waals surface area contributed by atoms with Crippen LogP contribution in [-0.2, 0) is 125 Å². The molecule has 27 nitrogen and oxygen atoms in total. The first-order valence-electron chi connectivity index (χ1n) is 35.1. The second-order valence-corrected chi connectivity index (χ2v) is 32.8. The minimum atomic E-state index is -4.68. The van der Waals surface area contributed by atoms with Gasteiger partial charge in [-0.2, -0.15) is 4.72 Å². The lowest BCUT2D eigenvalue weighted by Crippen LogP contribution is -2.74. The topological polar surface area (TPSA) is 315 Å². The second-order valence-electron chi connectivity index (χ2n) is 31.1. The standard InChI is InChI=1S/C69H97NO26S/c1-37-12-16-44(17-13-37)97(77,78)70-66(34-79-50(71)20-23-53(74)82-56-41(5)48-18-14-38(2)45-27-31-63(9)88-59(85-56)67(45,48)94-91-63,35-80-51(72)21-24-54(75)83-57-42(6)49-19-15-39(3)46-28-32-64(10)89-60(86-57)68(46,49)95-92-64)36-81-52(73)22-25-55(76)84-58-43(7)62(8)30-26-40(4)47-29-33-65(11)90-61(87-58)69(47,62)96-93-65/h12-13,16-17,38-43,45-49,56-61,70H,14-15,18-36H2,1-11H3/t38-,39-,40-,41-,42-,43+,45+,46+,47+,48+,49+,56-,57-,58-,59-,60-,61-,62+,63-,64-,65-,67-,68-,69+/m1/s1. The van der Waals surface area contributed by atoms with Gasteiger partial charge in [0.2, 0.25) is 46.3 Å². The van der Waals surface area contributed by atoms with Gasteiger partial charge in [0.25, 0.3) is 0 Å². The van der Waals surface area contributed by atoms with Gasteiger partial charge in [-0.15, -0.1) is 0 Å². The summed E-state index contributed by atoms with van der Waals surface area (Å²) in [6.07, 6.45) is -0.349. The van der Waals surface area contributed by atoms with Gasteiger partial charge in [-0.05, 0) is 133 Å². The molecule has 1 N–H and O–H groups in total. The molecular formula is C69H97NO26S. The molecule has 12 aliphatic heterocycles. The maximum atomic E-state index is 14.5. The first-order valence-corrected chi connectivity index (χ1v) is 36.6. The molecule has 0 amide bonds. The second kappa shape index (κ2) is 26.4. The van der Waals surface area contributed by atoms with Crippen molar-refractivity contribution in [2.45, 2.75) is 274 Å². The third-order valence-corrected chi connectivity index (χ3v) is 26.2. The Hall–Kier alpha value is -4.53. The average Bonchev–Trinajstić information content (AvgIpc) is 1.69. The van der Waals surface area contributed by atoms with Gasteiger partial charge in [-0.3, -0.25) is 28.8 Å². The molecule has 28 heteroatoms. The van der Waals surface area contributed by atoms with Crippen molar-refractivity contribution in [1.82, 2.24) is 4.72 Å². The van der Waals surface area contributed by atoms with E-state index >= 15 is 0 Å². The number of nitrogens with one attached hydrogen (secondary N) is 1. The number of hydrogen-bond acceptors (Lipinski definition) is 26. The van der Waals surface area contributed by atoms with Gasteiger partial charge < -0.3 is 56.8 Å². The van der Waals surface area contributed by atoms with Crippen LogP contribution < -0.4 is 4.72 Å². The molecule has 0 unspecified atom stereocenters. The van der Waals surface area contributed by atoms with Crippen LogP contribution in [0.3, 0.4) is 0 Å². The van der Waals surface area contributed by atoms with E-state index in [1.54, 1.807) is 39.8 Å². The van der Waals surface area contributed by atoms with Gasteiger partial charge in [0, 0.05) is 54.3 Å². The Morgan fingerprint density at radius 3 is 1.32 bits per heavy atom. The summed E-state index contributed by atoms with van der Waals surface area (Å²) in [6.45, 7) is 18.6. The van der Waals surface area contributed by atoms with Gasteiger partial charge >= 0.3 is 35.8 Å². The number of esters is 6. The van der Waals surface area contributed by atoms with Crippen molar-refractivity contribution in [3.63, 3.8) is 0 Å². The Balaban J connectivity index is 0.688. The molecule has 12 saturated heterocycles. The zero-order valence-corrected chi connectivity index (χ0v) is 58.3. The van der Waals surface area contributed by atoms with E-state index in [1.807, 2.05) is 20.8 Å². The maximum Gasteiger partial charge on any atom is 0.308 e. The minimum Gasteiger partial charge on any atom is -0.463 e. The van der Waals surface area contributed by atoms with Crippen LogP contribution in [0.1, 0.15) is 190 Å². The highest BCUT2D eigenvalue weighted by atomic mass is 32.2. The average molecular weight is 1390 g/mol. The van der Waals surface area contributed by atoms with Crippen LogP contribution in [0.4, 0.5) is 0 Å². The number of rotatable bonds is 21. The molecule has 540 valence electrons. The van der Waals surface area contributed by atoms with Crippen molar-refractivity contribution in [3.8, 4) is 0 Å². The molecule has 0 aromatic heterocycles. The maximum absolute atomic E-state index is 14.5. The summed E-state index contributed by atoms with van der Waals surface area (Å²) in [6, 6.07) is 5.74. The SMILES string of the molecule is Cc1ccc(S(=O)(=O)NC(COC(=O)CCC(=O)O[C@@H]2O[C@@H]3O[C@@]4(C)CC[C@H]5[C@H](C)CC[C@@H]([C@H]2C)[C@@]35OO4)(COC(=O)CCC(=O)O[C@@H]2O[C@@H]3O[C@@]4(C)CC[C@H]5[C@H](C)CC[C@@H]([C@H]2C)[C@@]35OO4)COC(=O)CCC(=O)O[C@@H]2O[C@@H]3O[C@@]4(C)CC[C@H]5[C@H](C)CC[C@@](C)([C@H]2C)[C@@]35OO4)cc1. The lowest BCUT2D eigenvalue weighted by Gasteiger charge is -2.65. The number of fused-ring (bicyclic) bond motifs is 6. The van der Waals surface area contributed by atoms with E-state index in [0.717, 1.165) is 56.9 Å². The first kappa shape index (κ1) is 70.9. The van der Waals surface area contributed by atoms with Crippen LogP contribution >= 0.6 is 0 Å². The van der Waals surface area contributed by atoms with Gasteiger partial charge in [0.1, 0.15) is 25.4 Å². The van der Waals surface area contributed by atoms with Crippen LogP contribution in [-0.4, -0.2) is 141 Å². The van der Waals surface area contributed by atoms with Crippen molar-refractivity contribution in [1.29, 1.82) is 0 Å². The third-order valence-electron chi connectivity index (χ3n) is 24.6. The number of carbonyl (C=O) groups excluding carboxylic acids is 6. The van der Waals surface area contributed by atoms with E-state index in [-0.39, 0.29) is 52.2 Å². The zero-order valence-electron chi connectivity index (χ0n) is 57.5. The van der Waals surface area contributed by atoms with Crippen LogP contribution in [0.15, 0.2) is 29.2 Å². The molecule has 3 spiro atoms. The van der Waals surface area contributed by atoms with Crippen LogP contribution in [0.25, 0.3) is 0 Å². The molecule has 15 fully saturated rings. The molecule has 15 aliphatic rings. The Morgan fingerprint density at radius 1 is 0.464 bits per heavy atom. The zero-order chi connectivity index (χ0) is 69.0. The summed E-state index contributed by atoms with van der Waals surface area (Å²) in [5.41, 5.74) is -5.04. The summed E-state index contributed by atoms with van der Waals surface area (Å²) in [5, 5.41) is 0. The number of aryl methyl sites for hydroxylation is 1. The van der Waals surface area contributed by atoms with E-state index in [4.69, 9.17) is 86.2 Å². The summed E-state index contributed by atoms with van der Waals surface area (Å²) in [4.78, 5) is 120. The van der Waals surface area contributed by atoms with E-state index in [0.29, 0.717) is 37.5 Å². The quantitative estimate of drug-likeness (QED) is 0.0683. The molecular weight excluding hydrogens is 1290 g/mol. The van der Waals surface area contributed by atoms with E-state index in [9.17, 15) is 37.2 Å². The molecule has 24 atom stereocenters. The predicted octanol–water partition coefficient (Wildman–Crippen LogP) is 8.63. The molecule has 12 heterocycles. The predicted molar refractivity (Wildman–Crippen MR) is 328 cm³/mol. The third kappa shape index (κ3) is 12.8. The van der Waals surface area contributed by atoms with Gasteiger partial charge in [0.05, 0.1) is 43.4 Å². The van der Waals surface area contributed by atoms with Crippen LogP contribution in [0.2, 0.25) is 0 Å². The number of sulfonamides is 1. The van der Waals surface area contributed by atoms with Crippen molar-refractivity contribution in [2.75, 3.05) is 19.8 Å². The molecule has 16 rings (SSSR count). The van der Waals surface area contributed by atoms with Gasteiger partial charge in [-0.25, -0.2) is 37.7 Å².